The minimum atomic E-state index is -0.431. The van der Waals surface area contributed by atoms with Gasteiger partial charge in [0.2, 0.25) is 0 Å². The van der Waals surface area contributed by atoms with Gasteiger partial charge in [0.15, 0.2) is 4.80 Å². The average Bonchev–Trinajstić information content (AvgIpc) is 3.39. The third-order valence-electron chi connectivity index (χ3n) is 6.75. The molecule has 1 amide bonds. The van der Waals surface area contributed by atoms with Crippen LogP contribution in [0.15, 0.2) is 29.3 Å². The summed E-state index contributed by atoms with van der Waals surface area (Å²) in [6, 6.07) is 9.02. The van der Waals surface area contributed by atoms with Crippen LogP contribution in [0.2, 0.25) is 0 Å². The Morgan fingerprint density at radius 2 is 1.96 bits per heavy atom. The zero-order chi connectivity index (χ0) is 18.8. The van der Waals surface area contributed by atoms with Crippen LogP contribution in [0.3, 0.4) is 0 Å². The maximum Gasteiger partial charge on any atom is 0.258 e. The van der Waals surface area contributed by atoms with Gasteiger partial charge in [-0.25, -0.2) is 0 Å². The van der Waals surface area contributed by atoms with E-state index in [4.69, 9.17) is 4.74 Å². The van der Waals surface area contributed by atoms with Gasteiger partial charge in [-0.1, -0.05) is 23.5 Å². The lowest BCUT2D eigenvalue weighted by Gasteiger charge is -2.30. The molecule has 142 valence electrons. The Morgan fingerprint density at radius 3 is 2.63 bits per heavy atom. The maximum atomic E-state index is 13.1. The summed E-state index contributed by atoms with van der Waals surface area (Å²) in [6.07, 6.45) is 5.32. The number of hydrogen-bond acceptors (Lipinski definition) is 4. The van der Waals surface area contributed by atoms with Gasteiger partial charge in [0.1, 0.15) is 5.75 Å². The molecule has 0 radical (unpaired) electrons. The number of likely N-dealkylation sites (N-methyl/N-ethyl adjacent to an activating group) is 1. The Hall–Kier alpha value is -1.92. The first kappa shape index (κ1) is 17.2. The van der Waals surface area contributed by atoms with Crippen molar-refractivity contribution in [2.24, 2.45) is 12.0 Å². The van der Waals surface area contributed by atoms with E-state index >= 15 is 0 Å². The average molecular weight is 384 g/mol. The Morgan fingerprint density at radius 1 is 1.22 bits per heavy atom. The standard InChI is InChI=1S/C21H25N3O2S/c1-23-14-6-9-16(23)18-17(12-14)24(2)20(27-18)22-19(25)21(10-11-21)13-4-7-15(26-3)8-5-13/h4-5,7-8,14,16H,6,9-12H2,1-3H3. The Bertz CT molecular complexity index is 968. The van der Waals surface area contributed by atoms with E-state index < -0.39 is 5.41 Å². The number of aromatic nitrogens is 1. The third-order valence-corrected chi connectivity index (χ3v) is 8.02. The van der Waals surface area contributed by atoms with Gasteiger partial charge in [-0.2, -0.15) is 4.99 Å². The van der Waals surface area contributed by atoms with E-state index in [1.54, 1.807) is 18.4 Å². The fourth-order valence-corrected chi connectivity index (χ4v) is 6.08. The molecule has 0 N–H and O–H groups in total. The van der Waals surface area contributed by atoms with Crippen molar-refractivity contribution in [3.05, 3.63) is 45.2 Å². The molecule has 2 atom stereocenters. The number of nitrogens with zero attached hydrogens (tertiary/aromatic N) is 3. The minimum Gasteiger partial charge on any atom is -0.497 e. The van der Waals surface area contributed by atoms with Gasteiger partial charge in [-0.05, 0) is 50.4 Å². The third kappa shape index (κ3) is 2.53. The monoisotopic (exact) mass is 383 g/mol. The van der Waals surface area contributed by atoms with Gasteiger partial charge in [-0.15, -0.1) is 0 Å². The number of carbonyl (C=O) groups excluding carboxylic acids is 1. The first-order valence-corrected chi connectivity index (χ1v) is 10.5. The quantitative estimate of drug-likeness (QED) is 0.819. The molecule has 1 aromatic carbocycles. The summed E-state index contributed by atoms with van der Waals surface area (Å²) in [5.41, 5.74) is 2.01. The second kappa shape index (κ2) is 6.04. The molecular weight excluding hydrogens is 358 g/mol. The second-order valence-electron chi connectivity index (χ2n) is 8.10. The van der Waals surface area contributed by atoms with Crippen molar-refractivity contribution in [3.63, 3.8) is 0 Å². The van der Waals surface area contributed by atoms with Crippen LogP contribution in [-0.4, -0.2) is 35.6 Å². The molecule has 1 aromatic heterocycles. The SMILES string of the molecule is COc1ccc(C2(C(=O)N=c3sc4c(n3C)CC3CCC4N3C)CC2)cc1. The predicted octanol–water partition coefficient (Wildman–Crippen LogP) is 2.95. The molecule has 5 nitrogen and oxygen atoms in total. The van der Waals surface area contributed by atoms with Crippen molar-refractivity contribution in [1.82, 2.24) is 9.47 Å². The molecule has 27 heavy (non-hydrogen) atoms. The van der Waals surface area contributed by atoms with E-state index in [0.29, 0.717) is 12.1 Å². The van der Waals surface area contributed by atoms with Gasteiger partial charge in [-0.3, -0.25) is 9.69 Å². The van der Waals surface area contributed by atoms with Crippen LogP contribution in [0.1, 0.15) is 47.9 Å². The number of fused-ring (bicyclic) bond motifs is 4. The van der Waals surface area contributed by atoms with Gasteiger partial charge < -0.3 is 9.30 Å². The molecule has 1 saturated carbocycles. The fourth-order valence-electron chi connectivity index (χ4n) is 4.75. The molecule has 2 aromatic rings. The number of carbonyl (C=O) groups is 1. The van der Waals surface area contributed by atoms with Crippen LogP contribution < -0.4 is 9.54 Å². The highest BCUT2D eigenvalue weighted by atomic mass is 32.1. The molecule has 5 rings (SSSR count). The van der Waals surface area contributed by atoms with Crippen molar-refractivity contribution in [3.8, 4) is 5.75 Å². The number of amides is 1. The smallest absolute Gasteiger partial charge is 0.258 e. The summed E-state index contributed by atoms with van der Waals surface area (Å²) in [5, 5.41) is 0. The van der Waals surface area contributed by atoms with Crippen molar-refractivity contribution in [2.75, 3.05) is 14.2 Å². The molecule has 0 spiro atoms. The largest absolute Gasteiger partial charge is 0.497 e. The Labute approximate surface area is 163 Å². The van der Waals surface area contributed by atoms with Gasteiger partial charge in [0.25, 0.3) is 5.91 Å². The molecule has 6 heteroatoms. The zero-order valence-electron chi connectivity index (χ0n) is 16.1. The Balaban J connectivity index is 1.49. The first-order valence-electron chi connectivity index (χ1n) is 9.68. The zero-order valence-corrected chi connectivity index (χ0v) is 16.9. The lowest BCUT2D eigenvalue weighted by molar-refractivity contribution is -0.120. The van der Waals surface area contributed by atoms with Crippen LogP contribution in [0, 0.1) is 0 Å². The molecule has 2 fully saturated rings. The van der Waals surface area contributed by atoms with Crippen LogP contribution in [0.5, 0.6) is 5.75 Å². The summed E-state index contributed by atoms with van der Waals surface area (Å²) >= 11 is 1.71. The van der Waals surface area contributed by atoms with Crippen molar-refractivity contribution in [2.45, 2.75) is 49.6 Å². The predicted molar refractivity (Wildman–Crippen MR) is 105 cm³/mol. The second-order valence-corrected chi connectivity index (χ2v) is 9.11. The topological polar surface area (TPSA) is 46.8 Å². The van der Waals surface area contributed by atoms with E-state index in [1.807, 2.05) is 24.3 Å². The molecule has 1 aliphatic carbocycles. The van der Waals surface area contributed by atoms with Crippen molar-refractivity contribution in [1.29, 1.82) is 0 Å². The number of ether oxygens (including phenoxy) is 1. The van der Waals surface area contributed by atoms with Crippen LogP contribution in [-0.2, 0) is 23.7 Å². The fraction of sp³-hybridized carbons (Fsp3) is 0.524. The molecule has 2 bridgehead atoms. The van der Waals surface area contributed by atoms with Gasteiger partial charge >= 0.3 is 0 Å². The van der Waals surface area contributed by atoms with E-state index in [9.17, 15) is 4.79 Å². The van der Waals surface area contributed by atoms with E-state index in [0.717, 1.165) is 35.4 Å². The van der Waals surface area contributed by atoms with E-state index in [2.05, 4.69) is 28.6 Å². The molecular formula is C21H25N3O2S. The normalized spacial score (nSPS) is 26.1. The van der Waals surface area contributed by atoms with Crippen LogP contribution in [0.4, 0.5) is 0 Å². The Kier molecular flexibility index (Phi) is 3.85. The van der Waals surface area contributed by atoms with Gasteiger partial charge in [0, 0.05) is 36.1 Å². The maximum absolute atomic E-state index is 13.1. The molecule has 3 heterocycles. The molecule has 3 aliphatic rings. The highest BCUT2D eigenvalue weighted by Gasteiger charge is 2.51. The summed E-state index contributed by atoms with van der Waals surface area (Å²) in [6.45, 7) is 0. The number of rotatable bonds is 3. The minimum absolute atomic E-state index is 0.000350. The molecule has 1 saturated heterocycles. The molecule has 2 unspecified atom stereocenters. The summed E-state index contributed by atoms with van der Waals surface area (Å²) in [5.74, 6) is 0.816. The summed E-state index contributed by atoms with van der Waals surface area (Å²) < 4.78 is 7.41. The number of hydrogen-bond donors (Lipinski definition) is 0. The van der Waals surface area contributed by atoms with E-state index in [-0.39, 0.29) is 5.91 Å². The van der Waals surface area contributed by atoms with Crippen molar-refractivity contribution >= 4 is 17.2 Å². The summed E-state index contributed by atoms with van der Waals surface area (Å²) in [4.78, 5) is 22.5. The van der Waals surface area contributed by atoms with E-state index in [1.165, 1.54) is 23.4 Å². The van der Waals surface area contributed by atoms with Gasteiger partial charge in [0.05, 0.1) is 12.5 Å². The molecule has 2 aliphatic heterocycles. The van der Waals surface area contributed by atoms with Crippen LogP contribution >= 0.6 is 11.3 Å². The van der Waals surface area contributed by atoms with Crippen molar-refractivity contribution < 1.29 is 9.53 Å². The number of methoxy groups -OCH3 is 1. The first-order chi connectivity index (χ1) is 13.0. The van der Waals surface area contributed by atoms with Crippen LogP contribution in [0.25, 0.3) is 0 Å². The summed E-state index contributed by atoms with van der Waals surface area (Å²) in [7, 11) is 5.96. The number of benzene rings is 1. The highest BCUT2D eigenvalue weighted by Crippen LogP contribution is 2.49. The lowest BCUT2D eigenvalue weighted by atomic mass is 9.95. The number of thiazole rings is 1. The highest BCUT2D eigenvalue weighted by molar-refractivity contribution is 7.09. The lowest BCUT2D eigenvalue weighted by Crippen LogP contribution is -2.34.